The van der Waals surface area contributed by atoms with E-state index in [1.165, 1.54) is 90.4 Å². The average Bonchev–Trinajstić information content (AvgIpc) is 1.62. The van der Waals surface area contributed by atoms with E-state index in [2.05, 4.69) is 0 Å². The van der Waals surface area contributed by atoms with Crippen LogP contribution in [0.5, 0.6) is 0 Å². The fourth-order valence-electron chi connectivity index (χ4n) is 0.0907. The SMILES string of the molecule is [Se]1[Se][Se][Se][Se][Se][Se][Se]1. The van der Waals surface area contributed by atoms with Crippen molar-refractivity contribution in [2.24, 2.45) is 0 Å². The van der Waals surface area contributed by atoms with Gasteiger partial charge in [0.1, 0.15) is 0 Å². The molecule has 0 saturated carbocycles. The summed E-state index contributed by atoms with van der Waals surface area (Å²) in [6.07, 6.45) is 0. The molecule has 0 aromatic carbocycles. The van der Waals surface area contributed by atoms with Crippen molar-refractivity contribution in [3.05, 3.63) is 0 Å². The van der Waals surface area contributed by atoms with Gasteiger partial charge in [0.05, 0.1) is 0 Å². The molecule has 0 atom stereocenters. The first kappa shape index (κ1) is 10.2. The number of hydrogen-bond donors (Lipinski definition) is 0. The Hall–Kier alpha value is 4.16. The molecule has 0 N–H and O–H groups in total. The van der Waals surface area contributed by atoms with Gasteiger partial charge in [-0.2, -0.15) is 0 Å². The summed E-state index contributed by atoms with van der Waals surface area (Å²) in [7, 11) is 0. The predicted molar refractivity (Wildman–Crippen MR) is 46.0 cm³/mol. The molecule has 1 rings (SSSR count). The molecule has 0 aromatic heterocycles. The van der Waals surface area contributed by atoms with Crippen LogP contribution < -0.4 is 0 Å². The normalized spacial score (nSPS) is 24.0. The molecule has 0 bridgehead atoms. The Bertz CT molecular complexity index is 24.0. The molecule has 48 valence electrons. The Morgan fingerprint density at radius 2 is 0.375 bits per heavy atom. The third-order valence-corrected chi connectivity index (χ3v) is 162. The van der Waals surface area contributed by atoms with Crippen LogP contribution in [0.15, 0.2) is 0 Å². The van der Waals surface area contributed by atoms with E-state index < -0.39 is 0 Å². The molecule has 1 saturated heterocycles. The summed E-state index contributed by atoms with van der Waals surface area (Å²) < 4.78 is 0. The predicted octanol–water partition coefficient (Wildman–Crippen LogP) is -3.05. The molecule has 1 aliphatic heterocycles. The molecule has 8 heteroatoms. The monoisotopic (exact) mass is 639 g/mol. The second-order valence-electron chi connectivity index (χ2n) is 0.544. The first-order valence-corrected chi connectivity index (χ1v) is 36.0. The Balaban J connectivity index is 2.00. The van der Waals surface area contributed by atoms with Crippen LogP contribution in [0.4, 0.5) is 0 Å². The van der Waals surface area contributed by atoms with Crippen LogP contribution >= 0.6 is 0 Å². The first-order valence-electron chi connectivity index (χ1n) is 1.33. The summed E-state index contributed by atoms with van der Waals surface area (Å²) in [6, 6.07) is 0. The topological polar surface area (TPSA) is 0 Å². The summed E-state index contributed by atoms with van der Waals surface area (Å²) in [4.78, 5) is 0. The molecular weight excluding hydrogens is 632 g/mol. The molecule has 1 aliphatic rings. The molecule has 1 heterocycles. The van der Waals surface area contributed by atoms with E-state index in [0.29, 0.717) is 0 Å². The van der Waals surface area contributed by atoms with Crippen LogP contribution in [0.1, 0.15) is 0 Å². The van der Waals surface area contributed by atoms with E-state index >= 15 is 0 Å². The first-order chi connectivity index (χ1) is 4.00. The number of rotatable bonds is 0. The van der Waals surface area contributed by atoms with Gasteiger partial charge in [0.2, 0.25) is 0 Å². The summed E-state index contributed by atoms with van der Waals surface area (Å²) in [5.74, 6) is 0. The van der Waals surface area contributed by atoms with Crippen LogP contribution in [0.3, 0.4) is 0 Å². The fraction of sp³-hybridized carbons (Fsp3) is 0. The molecule has 0 unspecified atom stereocenters. The van der Waals surface area contributed by atoms with Crippen LogP contribution in [-0.2, 0) is 0 Å². The summed E-state index contributed by atoms with van der Waals surface area (Å²) in [6.45, 7) is 0. The van der Waals surface area contributed by atoms with Gasteiger partial charge in [-0.3, -0.25) is 0 Å². The zero-order chi connectivity index (χ0) is 5.66. The third-order valence-electron chi connectivity index (χ3n) is 0.222. The van der Waals surface area contributed by atoms with Gasteiger partial charge in [-0.25, -0.2) is 0 Å². The minimum absolute atomic E-state index is 1.25. The Labute approximate surface area is 88.0 Å². The molecule has 0 nitrogen and oxygen atoms in total. The Kier molecular flexibility index (Phi) is 9.97. The van der Waals surface area contributed by atoms with Gasteiger partial charge in [0.15, 0.2) is 0 Å². The van der Waals surface area contributed by atoms with Gasteiger partial charge < -0.3 is 0 Å². The van der Waals surface area contributed by atoms with Crippen molar-refractivity contribution in [1.29, 1.82) is 0 Å². The van der Waals surface area contributed by atoms with Crippen molar-refractivity contribution in [1.82, 2.24) is 0 Å². The zero-order valence-electron chi connectivity index (χ0n) is 3.27. The van der Waals surface area contributed by atoms with Gasteiger partial charge in [0, 0.05) is 0 Å². The van der Waals surface area contributed by atoms with Gasteiger partial charge in [-0.15, -0.1) is 0 Å². The van der Waals surface area contributed by atoms with Gasteiger partial charge in [-0.1, -0.05) is 0 Å². The average molecular weight is 632 g/mol. The second-order valence-corrected chi connectivity index (χ2v) is 76.4. The van der Waals surface area contributed by atoms with Crippen LogP contribution in [0.2, 0.25) is 0 Å². The standard InChI is InChI=1S/Se8/c1-2-4-6-8-7-5-3-1. The summed E-state index contributed by atoms with van der Waals surface area (Å²) in [5.41, 5.74) is 0. The Morgan fingerprint density at radius 1 is 0.250 bits per heavy atom. The fourth-order valence-corrected chi connectivity index (χ4v) is 344. The maximum atomic E-state index is 1.25. The second kappa shape index (κ2) is 7.79. The van der Waals surface area contributed by atoms with E-state index in [-0.39, 0.29) is 0 Å². The van der Waals surface area contributed by atoms with Gasteiger partial charge in [0.25, 0.3) is 0 Å². The Morgan fingerprint density at radius 3 is 0.500 bits per heavy atom. The third kappa shape index (κ3) is 5.76. The van der Waals surface area contributed by atoms with Crippen molar-refractivity contribution in [2.45, 2.75) is 0 Å². The molecule has 0 radical (unpaired) electrons. The summed E-state index contributed by atoms with van der Waals surface area (Å²) in [5, 5.41) is 0. The molecule has 0 amide bonds. The summed E-state index contributed by atoms with van der Waals surface area (Å²) >= 11 is 10.0. The van der Waals surface area contributed by atoms with Gasteiger partial charge >= 0.3 is 90.4 Å². The molecule has 0 spiro atoms. The van der Waals surface area contributed by atoms with Crippen molar-refractivity contribution in [3.63, 3.8) is 0 Å². The van der Waals surface area contributed by atoms with Gasteiger partial charge in [-0.05, 0) is 0 Å². The van der Waals surface area contributed by atoms with E-state index in [1.54, 1.807) is 0 Å². The van der Waals surface area contributed by atoms with Crippen molar-refractivity contribution in [3.8, 4) is 0 Å². The number of hydrogen-bond acceptors (Lipinski definition) is 0. The molecule has 0 aromatic rings. The van der Waals surface area contributed by atoms with E-state index in [9.17, 15) is 0 Å². The van der Waals surface area contributed by atoms with Crippen molar-refractivity contribution < 1.29 is 0 Å². The van der Waals surface area contributed by atoms with Crippen molar-refractivity contribution in [2.75, 3.05) is 0 Å². The molecule has 8 heavy (non-hydrogen) atoms. The molecule has 0 aliphatic carbocycles. The maximum absolute atomic E-state index is 1.25. The molecular formula is Se8. The minimum atomic E-state index is 1.25. The van der Waals surface area contributed by atoms with Crippen LogP contribution in [0.25, 0.3) is 0 Å². The quantitative estimate of drug-likeness (QED) is 0.250. The molecule has 1 fully saturated rings. The van der Waals surface area contributed by atoms with Crippen LogP contribution in [0, 0.1) is 0 Å². The zero-order valence-corrected chi connectivity index (χ0v) is 17.0. The van der Waals surface area contributed by atoms with Crippen molar-refractivity contribution >= 4 is 90.4 Å². The van der Waals surface area contributed by atoms with E-state index in [0.717, 1.165) is 0 Å². The van der Waals surface area contributed by atoms with Crippen LogP contribution in [-0.4, -0.2) is 90.4 Å². The van der Waals surface area contributed by atoms with E-state index in [1.807, 2.05) is 0 Å². The van der Waals surface area contributed by atoms with E-state index in [4.69, 9.17) is 0 Å².